The van der Waals surface area contributed by atoms with Gasteiger partial charge in [-0.2, -0.15) is 0 Å². The van der Waals surface area contributed by atoms with E-state index < -0.39 is 0 Å². The highest BCUT2D eigenvalue weighted by molar-refractivity contribution is 5.58. The van der Waals surface area contributed by atoms with E-state index in [9.17, 15) is 4.79 Å². The zero-order valence-corrected chi connectivity index (χ0v) is 11.9. The molecule has 1 heterocycles. The van der Waals surface area contributed by atoms with E-state index in [2.05, 4.69) is 25.7 Å². The Morgan fingerprint density at radius 2 is 2.06 bits per heavy atom. The summed E-state index contributed by atoms with van der Waals surface area (Å²) in [5.74, 6) is 0.925. The van der Waals surface area contributed by atoms with Crippen molar-refractivity contribution in [3.8, 4) is 0 Å². The highest BCUT2D eigenvalue weighted by Gasteiger charge is 2.26. The predicted octanol–water partition coefficient (Wildman–Crippen LogP) is 3.50. The first-order chi connectivity index (χ1) is 8.13. The molecular weight excluding hydrogens is 210 g/mol. The SMILES string of the molecule is CCCC1CCCN(CC(C)(C=O)CC)CC1. The maximum absolute atomic E-state index is 11.2. The molecule has 1 fully saturated rings. The van der Waals surface area contributed by atoms with Crippen molar-refractivity contribution < 1.29 is 4.79 Å². The molecule has 2 atom stereocenters. The van der Waals surface area contributed by atoms with Crippen molar-refractivity contribution in [1.29, 1.82) is 0 Å². The van der Waals surface area contributed by atoms with Gasteiger partial charge in [-0.3, -0.25) is 0 Å². The van der Waals surface area contributed by atoms with Crippen molar-refractivity contribution in [3.63, 3.8) is 0 Å². The zero-order valence-electron chi connectivity index (χ0n) is 11.9. The van der Waals surface area contributed by atoms with Crippen LogP contribution in [0, 0.1) is 11.3 Å². The Morgan fingerprint density at radius 3 is 2.65 bits per heavy atom. The van der Waals surface area contributed by atoms with Gasteiger partial charge in [-0.15, -0.1) is 0 Å². The van der Waals surface area contributed by atoms with Gasteiger partial charge < -0.3 is 9.69 Å². The monoisotopic (exact) mass is 239 g/mol. The van der Waals surface area contributed by atoms with E-state index in [0.717, 1.165) is 25.2 Å². The molecule has 1 aliphatic rings. The minimum Gasteiger partial charge on any atom is -0.303 e. The summed E-state index contributed by atoms with van der Waals surface area (Å²) in [4.78, 5) is 13.7. The lowest BCUT2D eigenvalue weighted by Gasteiger charge is -2.30. The van der Waals surface area contributed by atoms with Gasteiger partial charge in [0, 0.05) is 12.0 Å². The zero-order chi connectivity index (χ0) is 12.7. The van der Waals surface area contributed by atoms with Gasteiger partial charge in [0.05, 0.1) is 0 Å². The van der Waals surface area contributed by atoms with Gasteiger partial charge in [-0.1, -0.05) is 33.6 Å². The normalized spacial score (nSPS) is 26.2. The maximum atomic E-state index is 11.2. The van der Waals surface area contributed by atoms with Crippen LogP contribution in [0.3, 0.4) is 0 Å². The lowest BCUT2D eigenvalue weighted by atomic mass is 9.89. The number of hydrogen-bond donors (Lipinski definition) is 0. The first-order valence-corrected chi connectivity index (χ1v) is 7.32. The summed E-state index contributed by atoms with van der Waals surface area (Å²) in [6.45, 7) is 9.81. The molecule has 0 N–H and O–H groups in total. The largest absolute Gasteiger partial charge is 0.303 e. The van der Waals surface area contributed by atoms with Gasteiger partial charge in [-0.05, 0) is 44.7 Å². The van der Waals surface area contributed by atoms with Gasteiger partial charge in [0.25, 0.3) is 0 Å². The fourth-order valence-electron chi connectivity index (χ4n) is 2.82. The highest BCUT2D eigenvalue weighted by Crippen LogP contribution is 2.25. The molecule has 0 amide bonds. The fraction of sp³-hybridized carbons (Fsp3) is 0.933. The molecule has 0 saturated carbocycles. The van der Waals surface area contributed by atoms with Crippen LogP contribution in [-0.4, -0.2) is 30.8 Å². The minimum absolute atomic E-state index is 0.134. The van der Waals surface area contributed by atoms with Gasteiger partial charge in [-0.25, -0.2) is 0 Å². The first kappa shape index (κ1) is 14.7. The number of hydrogen-bond acceptors (Lipinski definition) is 2. The van der Waals surface area contributed by atoms with Gasteiger partial charge in [0.1, 0.15) is 6.29 Å². The van der Waals surface area contributed by atoms with E-state index in [0.29, 0.717) is 0 Å². The molecule has 2 nitrogen and oxygen atoms in total. The van der Waals surface area contributed by atoms with Crippen LogP contribution in [0.25, 0.3) is 0 Å². The number of carbonyl (C=O) groups is 1. The Hall–Kier alpha value is -0.370. The van der Waals surface area contributed by atoms with Crippen LogP contribution in [0.4, 0.5) is 0 Å². The average molecular weight is 239 g/mol. The molecule has 2 unspecified atom stereocenters. The molecule has 0 aromatic heterocycles. The van der Waals surface area contributed by atoms with Crippen molar-refractivity contribution in [1.82, 2.24) is 4.90 Å². The van der Waals surface area contributed by atoms with Crippen molar-refractivity contribution in [3.05, 3.63) is 0 Å². The van der Waals surface area contributed by atoms with Crippen molar-refractivity contribution in [2.45, 2.75) is 59.3 Å². The van der Waals surface area contributed by atoms with Crippen LogP contribution in [0.1, 0.15) is 59.3 Å². The molecular formula is C15H29NO. The molecule has 100 valence electrons. The second kappa shape index (κ2) is 7.15. The van der Waals surface area contributed by atoms with Gasteiger partial charge >= 0.3 is 0 Å². The standard InChI is InChI=1S/C15H29NO/c1-4-7-14-8-6-10-16(11-9-14)12-15(3,5-2)13-17/h13-14H,4-12H2,1-3H3. The molecule has 17 heavy (non-hydrogen) atoms. The summed E-state index contributed by atoms with van der Waals surface area (Å²) in [6.07, 6.45) is 8.81. The van der Waals surface area contributed by atoms with E-state index in [-0.39, 0.29) is 5.41 Å². The van der Waals surface area contributed by atoms with Gasteiger partial charge in [0.2, 0.25) is 0 Å². The van der Waals surface area contributed by atoms with E-state index in [1.807, 2.05) is 0 Å². The van der Waals surface area contributed by atoms with Crippen LogP contribution >= 0.6 is 0 Å². The molecule has 0 aliphatic carbocycles. The molecule has 0 radical (unpaired) electrons. The summed E-state index contributed by atoms with van der Waals surface area (Å²) in [6, 6.07) is 0. The van der Waals surface area contributed by atoms with E-state index in [1.54, 1.807) is 0 Å². The summed E-state index contributed by atoms with van der Waals surface area (Å²) < 4.78 is 0. The quantitative estimate of drug-likeness (QED) is 0.661. The van der Waals surface area contributed by atoms with E-state index in [4.69, 9.17) is 0 Å². The summed E-state index contributed by atoms with van der Waals surface area (Å²) in [5.41, 5.74) is -0.134. The van der Waals surface area contributed by atoms with Gasteiger partial charge in [0.15, 0.2) is 0 Å². The maximum Gasteiger partial charge on any atom is 0.127 e. The van der Waals surface area contributed by atoms with Crippen LogP contribution in [-0.2, 0) is 4.79 Å². The number of nitrogens with zero attached hydrogens (tertiary/aromatic N) is 1. The molecule has 0 spiro atoms. The van der Waals surface area contributed by atoms with Crippen LogP contribution in [0.2, 0.25) is 0 Å². The Balaban J connectivity index is 2.43. The summed E-state index contributed by atoms with van der Waals surface area (Å²) >= 11 is 0. The van der Waals surface area contributed by atoms with Crippen LogP contribution in [0.5, 0.6) is 0 Å². The van der Waals surface area contributed by atoms with Crippen molar-refractivity contribution >= 4 is 6.29 Å². The molecule has 1 rings (SSSR count). The molecule has 1 aliphatic heterocycles. The number of likely N-dealkylation sites (tertiary alicyclic amines) is 1. The molecule has 0 aromatic carbocycles. The topological polar surface area (TPSA) is 20.3 Å². The smallest absolute Gasteiger partial charge is 0.127 e. The van der Waals surface area contributed by atoms with E-state index >= 15 is 0 Å². The first-order valence-electron chi connectivity index (χ1n) is 7.32. The predicted molar refractivity (Wildman–Crippen MR) is 73.2 cm³/mol. The van der Waals surface area contributed by atoms with Crippen LogP contribution < -0.4 is 0 Å². The van der Waals surface area contributed by atoms with Crippen LogP contribution in [0.15, 0.2) is 0 Å². The van der Waals surface area contributed by atoms with Crippen molar-refractivity contribution in [2.24, 2.45) is 11.3 Å². The number of rotatable bonds is 6. The third-order valence-electron chi connectivity index (χ3n) is 4.31. The second-order valence-electron chi connectivity index (χ2n) is 5.99. The molecule has 0 aromatic rings. The Bertz CT molecular complexity index is 229. The molecule has 2 heteroatoms. The summed E-state index contributed by atoms with van der Waals surface area (Å²) in [7, 11) is 0. The van der Waals surface area contributed by atoms with Crippen molar-refractivity contribution in [2.75, 3.05) is 19.6 Å². The molecule has 1 saturated heterocycles. The highest BCUT2D eigenvalue weighted by atomic mass is 16.1. The Morgan fingerprint density at radius 1 is 1.29 bits per heavy atom. The second-order valence-corrected chi connectivity index (χ2v) is 5.99. The average Bonchev–Trinajstić information content (AvgIpc) is 2.55. The lowest BCUT2D eigenvalue weighted by molar-refractivity contribution is -0.116. The fourth-order valence-corrected chi connectivity index (χ4v) is 2.82. The lowest BCUT2D eigenvalue weighted by Crippen LogP contribution is -2.37. The summed E-state index contributed by atoms with van der Waals surface area (Å²) in [5, 5.41) is 0. The third kappa shape index (κ3) is 4.79. The Kier molecular flexibility index (Phi) is 6.18. The molecule has 0 bridgehead atoms. The Labute approximate surface area is 107 Å². The number of aldehydes is 1. The number of carbonyl (C=O) groups excluding carboxylic acids is 1. The third-order valence-corrected chi connectivity index (χ3v) is 4.31. The van der Waals surface area contributed by atoms with E-state index in [1.165, 1.54) is 45.2 Å². The minimum atomic E-state index is -0.134.